The van der Waals surface area contributed by atoms with Crippen LogP contribution < -0.4 is 0 Å². The first-order valence-corrected chi connectivity index (χ1v) is 7.15. The second-order valence-electron chi connectivity index (χ2n) is 4.63. The number of rotatable bonds is 3. The van der Waals surface area contributed by atoms with Gasteiger partial charge in [0.1, 0.15) is 0 Å². The van der Waals surface area contributed by atoms with E-state index in [4.69, 9.17) is 23.2 Å². The van der Waals surface area contributed by atoms with Gasteiger partial charge in [0, 0.05) is 12.6 Å². The van der Waals surface area contributed by atoms with Gasteiger partial charge in [0.15, 0.2) is 0 Å². The molecule has 0 atom stereocenters. The maximum Gasteiger partial charge on any atom is 0.255 e. The zero-order chi connectivity index (χ0) is 13.1. The van der Waals surface area contributed by atoms with Gasteiger partial charge in [0.25, 0.3) is 5.91 Å². The maximum absolute atomic E-state index is 12.5. The van der Waals surface area contributed by atoms with E-state index in [9.17, 15) is 4.79 Å². The SMILES string of the molecule is CCN(C(=O)c1cccc(Cl)c1Cl)C1CCCC1. The molecular formula is C14H17Cl2NO. The second-order valence-corrected chi connectivity index (χ2v) is 5.42. The van der Waals surface area contributed by atoms with Crippen molar-refractivity contribution in [1.29, 1.82) is 0 Å². The van der Waals surface area contributed by atoms with Crippen molar-refractivity contribution in [2.24, 2.45) is 0 Å². The molecule has 98 valence electrons. The third-order valence-corrected chi connectivity index (χ3v) is 4.37. The lowest BCUT2D eigenvalue weighted by molar-refractivity contribution is 0.0694. The molecule has 1 aliphatic rings. The maximum atomic E-state index is 12.5. The highest BCUT2D eigenvalue weighted by molar-refractivity contribution is 6.43. The number of carbonyl (C=O) groups excluding carboxylic acids is 1. The standard InChI is InChI=1S/C14H17Cl2NO/c1-2-17(10-6-3-4-7-10)14(18)11-8-5-9-12(15)13(11)16/h5,8-10H,2-4,6-7H2,1H3. The minimum Gasteiger partial charge on any atom is -0.336 e. The van der Waals surface area contributed by atoms with Gasteiger partial charge in [-0.05, 0) is 31.9 Å². The quantitative estimate of drug-likeness (QED) is 0.806. The molecule has 1 aliphatic carbocycles. The van der Waals surface area contributed by atoms with Crippen molar-refractivity contribution >= 4 is 29.1 Å². The summed E-state index contributed by atoms with van der Waals surface area (Å²) in [5, 5.41) is 0.797. The highest BCUT2D eigenvalue weighted by atomic mass is 35.5. The van der Waals surface area contributed by atoms with Crippen molar-refractivity contribution in [3.05, 3.63) is 33.8 Å². The Balaban J connectivity index is 2.25. The second kappa shape index (κ2) is 5.94. The molecule has 0 saturated heterocycles. The van der Waals surface area contributed by atoms with E-state index in [2.05, 4.69) is 0 Å². The monoisotopic (exact) mass is 285 g/mol. The van der Waals surface area contributed by atoms with Gasteiger partial charge < -0.3 is 4.90 Å². The molecule has 0 radical (unpaired) electrons. The van der Waals surface area contributed by atoms with Crippen LogP contribution in [0.25, 0.3) is 0 Å². The molecule has 0 aromatic heterocycles. The first-order valence-electron chi connectivity index (χ1n) is 6.40. The average Bonchev–Trinajstić information content (AvgIpc) is 2.87. The van der Waals surface area contributed by atoms with Crippen LogP contribution in [0.15, 0.2) is 18.2 Å². The molecule has 1 aromatic rings. The molecule has 0 N–H and O–H groups in total. The Morgan fingerprint density at radius 2 is 2.00 bits per heavy atom. The molecule has 18 heavy (non-hydrogen) atoms. The number of amides is 1. The minimum absolute atomic E-state index is 0.00287. The zero-order valence-corrected chi connectivity index (χ0v) is 12.0. The summed E-state index contributed by atoms with van der Waals surface area (Å²) in [7, 11) is 0. The largest absolute Gasteiger partial charge is 0.336 e. The fourth-order valence-electron chi connectivity index (χ4n) is 2.61. The number of carbonyl (C=O) groups is 1. The van der Waals surface area contributed by atoms with Gasteiger partial charge in [-0.1, -0.05) is 42.1 Å². The molecule has 0 heterocycles. The summed E-state index contributed by atoms with van der Waals surface area (Å²) < 4.78 is 0. The van der Waals surface area contributed by atoms with E-state index in [1.807, 2.05) is 11.8 Å². The van der Waals surface area contributed by atoms with Gasteiger partial charge in [-0.25, -0.2) is 0 Å². The Morgan fingerprint density at radius 3 is 2.61 bits per heavy atom. The van der Waals surface area contributed by atoms with E-state index < -0.39 is 0 Å². The van der Waals surface area contributed by atoms with Gasteiger partial charge in [-0.3, -0.25) is 4.79 Å². The Morgan fingerprint density at radius 1 is 1.33 bits per heavy atom. The first kappa shape index (κ1) is 13.7. The van der Waals surface area contributed by atoms with Crippen molar-refractivity contribution in [1.82, 2.24) is 4.90 Å². The molecule has 1 amide bonds. The number of hydrogen-bond donors (Lipinski definition) is 0. The molecule has 1 aromatic carbocycles. The summed E-state index contributed by atoms with van der Waals surface area (Å²) in [6.45, 7) is 2.72. The predicted octanol–water partition coefficient (Wildman–Crippen LogP) is 4.40. The summed E-state index contributed by atoms with van der Waals surface area (Å²) >= 11 is 12.1. The fourth-order valence-corrected chi connectivity index (χ4v) is 2.99. The normalized spacial score (nSPS) is 15.9. The van der Waals surface area contributed by atoms with Gasteiger partial charge in [0.05, 0.1) is 15.6 Å². The van der Waals surface area contributed by atoms with Crippen molar-refractivity contribution in [2.75, 3.05) is 6.54 Å². The Labute approximate surface area is 118 Å². The topological polar surface area (TPSA) is 20.3 Å². The minimum atomic E-state index is -0.00287. The van der Waals surface area contributed by atoms with Crippen LogP contribution in [0.1, 0.15) is 43.0 Å². The van der Waals surface area contributed by atoms with Crippen LogP contribution in [0.4, 0.5) is 0 Å². The van der Waals surface area contributed by atoms with Gasteiger partial charge in [-0.15, -0.1) is 0 Å². The van der Waals surface area contributed by atoms with E-state index in [-0.39, 0.29) is 5.91 Å². The van der Waals surface area contributed by atoms with Crippen LogP contribution in [-0.2, 0) is 0 Å². The lowest BCUT2D eigenvalue weighted by atomic mass is 10.1. The third-order valence-electron chi connectivity index (χ3n) is 3.55. The van der Waals surface area contributed by atoms with E-state index in [0.29, 0.717) is 28.2 Å². The average molecular weight is 286 g/mol. The van der Waals surface area contributed by atoms with Crippen LogP contribution in [-0.4, -0.2) is 23.4 Å². The molecule has 0 bridgehead atoms. The highest BCUT2D eigenvalue weighted by Crippen LogP contribution is 2.29. The summed E-state index contributed by atoms with van der Waals surface area (Å²) in [6.07, 6.45) is 4.60. The van der Waals surface area contributed by atoms with Gasteiger partial charge in [-0.2, -0.15) is 0 Å². The van der Waals surface area contributed by atoms with E-state index in [1.165, 1.54) is 12.8 Å². The molecule has 1 saturated carbocycles. The molecular weight excluding hydrogens is 269 g/mol. The summed E-state index contributed by atoms with van der Waals surface area (Å²) in [5.74, 6) is -0.00287. The van der Waals surface area contributed by atoms with Crippen molar-refractivity contribution in [3.8, 4) is 0 Å². The van der Waals surface area contributed by atoms with E-state index >= 15 is 0 Å². The van der Waals surface area contributed by atoms with Crippen LogP contribution in [0.2, 0.25) is 10.0 Å². The highest BCUT2D eigenvalue weighted by Gasteiger charge is 2.27. The Bertz CT molecular complexity index is 441. The van der Waals surface area contributed by atoms with Crippen LogP contribution >= 0.6 is 23.2 Å². The van der Waals surface area contributed by atoms with Crippen LogP contribution in [0.3, 0.4) is 0 Å². The molecule has 2 rings (SSSR count). The predicted molar refractivity (Wildman–Crippen MR) is 75.4 cm³/mol. The zero-order valence-electron chi connectivity index (χ0n) is 10.5. The number of halogens is 2. The van der Waals surface area contributed by atoms with E-state index in [0.717, 1.165) is 12.8 Å². The summed E-state index contributed by atoms with van der Waals surface area (Å²) in [5.41, 5.74) is 0.512. The number of benzene rings is 1. The molecule has 0 spiro atoms. The van der Waals surface area contributed by atoms with Crippen molar-refractivity contribution in [2.45, 2.75) is 38.6 Å². The Kier molecular flexibility index (Phi) is 4.52. The first-order chi connectivity index (χ1) is 8.65. The summed E-state index contributed by atoms with van der Waals surface area (Å²) in [6, 6.07) is 5.57. The summed E-state index contributed by atoms with van der Waals surface area (Å²) in [4.78, 5) is 14.4. The fraction of sp³-hybridized carbons (Fsp3) is 0.500. The molecule has 1 fully saturated rings. The van der Waals surface area contributed by atoms with E-state index in [1.54, 1.807) is 18.2 Å². The van der Waals surface area contributed by atoms with Gasteiger partial charge >= 0.3 is 0 Å². The smallest absolute Gasteiger partial charge is 0.255 e. The molecule has 0 aliphatic heterocycles. The van der Waals surface area contributed by atoms with Crippen molar-refractivity contribution in [3.63, 3.8) is 0 Å². The molecule has 2 nitrogen and oxygen atoms in total. The molecule has 0 unspecified atom stereocenters. The number of hydrogen-bond acceptors (Lipinski definition) is 1. The van der Waals surface area contributed by atoms with Crippen LogP contribution in [0, 0.1) is 0 Å². The van der Waals surface area contributed by atoms with Crippen LogP contribution in [0.5, 0.6) is 0 Å². The lowest BCUT2D eigenvalue weighted by Crippen LogP contribution is -2.38. The van der Waals surface area contributed by atoms with Crippen molar-refractivity contribution < 1.29 is 4.79 Å². The third kappa shape index (κ3) is 2.65. The lowest BCUT2D eigenvalue weighted by Gasteiger charge is -2.28. The Hall–Kier alpha value is -0.730. The van der Waals surface area contributed by atoms with Gasteiger partial charge in [0.2, 0.25) is 0 Å². The molecule has 4 heteroatoms. The number of nitrogens with zero attached hydrogens (tertiary/aromatic N) is 1.